The van der Waals surface area contributed by atoms with Crippen molar-refractivity contribution in [3.05, 3.63) is 53.1 Å². The number of carbonyl (C=O) groups is 2. The third-order valence-corrected chi connectivity index (χ3v) is 4.54. The second-order valence-corrected chi connectivity index (χ2v) is 6.28. The van der Waals surface area contributed by atoms with Crippen molar-refractivity contribution >= 4 is 34.8 Å². The summed E-state index contributed by atoms with van der Waals surface area (Å²) in [4.78, 5) is 26.4. The molecule has 3 rings (SSSR count). The molecule has 0 aliphatic carbocycles. The van der Waals surface area contributed by atoms with Crippen LogP contribution in [0.1, 0.15) is 12.0 Å². The number of carbonyl (C=O) groups excluding carboxylic acids is 2. The lowest BCUT2D eigenvalue weighted by molar-refractivity contribution is -0.122. The van der Waals surface area contributed by atoms with Crippen LogP contribution in [0.2, 0.25) is 5.02 Å². The zero-order valence-electron chi connectivity index (χ0n) is 14.0. The van der Waals surface area contributed by atoms with Crippen molar-refractivity contribution in [3.8, 4) is 11.8 Å². The lowest BCUT2D eigenvalue weighted by Gasteiger charge is -2.18. The van der Waals surface area contributed by atoms with Crippen LogP contribution < -0.4 is 15.0 Å². The Kier molecular flexibility index (Phi) is 5.10. The van der Waals surface area contributed by atoms with Crippen molar-refractivity contribution in [3.63, 3.8) is 0 Å². The largest absolute Gasteiger partial charge is 0.495 e. The summed E-state index contributed by atoms with van der Waals surface area (Å²) >= 11 is 6.12. The molecule has 7 heteroatoms. The van der Waals surface area contributed by atoms with Crippen LogP contribution in [0.25, 0.3) is 0 Å². The van der Waals surface area contributed by atoms with Gasteiger partial charge in [-0.15, -0.1) is 0 Å². The third-order valence-electron chi connectivity index (χ3n) is 4.25. The van der Waals surface area contributed by atoms with Gasteiger partial charge >= 0.3 is 0 Å². The highest BCUT2D eigenvalue weighted by atomic mass is 35.5. The number of hydrogen-bond donors (Lipinski definition) is 1. The second-order valence-electron chi connectivity index (χ2n) is 5.87. The van der Waals surface area contributed by atoms with Gasteiger partial charge in [0.2, 0.25) is 11.8 Å². The van der Waals surface area contributed by atoms with Crippen LogP contribution in [-0.2, 0) is 9.59 Å². The summed E-state index contributed by atoms with van der Waals surface area (Å²) in [6.45, 7) is 0.252. The first-order valence-electron chi connectivity index (χ1n) is 7.97. The maximum atomic E-state index is 12.5. The summed E-state index contributed by atoms with van der Waals surface area (Å²) in [5, 5.41) is 12.2. The molecule has 1 atom stereocenters. The van der Waals surface area contributed by atoms with Gasteiger partial charge in [-0.25, -0.2) is 0 Å². The van der Waals surface area contributed by atoms with Crippen LogP contribution in [0, 0.1) is 17.2 Å². The fourth-order valence-electron chi connectivity index (χ4n) is 2.88. The van der Waals surface area contributed by atoms with E-state index >= 15 is 0 Å². The minimum atomic E-state index is -0.505. The number of rotatable bonds is 4. The topological polar surface area (TPSA) is 82.4 Å². The Hall–Kier alpha value is -3.04. The molecule has 2 aromatic carbocycles. The predicted molar refractivity (Wildman–Crippen MR) is 98.3 cm³/mol. The molecule has 0 aromatic heterocycles. The number of hydrogen-bond acceptors (Lipinski definition) is 4. The third kappa shape index (κ3) is 3.48. The minimum Gasteiger partial charge on any atom is -0.495 e. The molecular formula is C19H16ClN3O3. The fraction of sp³-hybridized carbons (Fsp3) is 0.211. The molecule has 1 unspecified atom stereocenters. The summed E-state index contributed by atoms with van der Waals surface area (Å²) in [5.41, 5.74) is 1.44. The molecule has 0 radical (unpaired) electrons. The second kappa shape index (κ2) is 7.46. The number of benzene rings is 2. The summed E-state index contributed by atoms with van der Waals surface area (Å²) in [5.74, 6) is -0.428. The first-order chi connectivity index (χ1) is 12.5. The van der Waals surface area contributed by atoms with E-state index in [1.165, 1.54) is 12.0 Å². The molecule has 0 spiro atoms. The van der Waals surface area contributed by atoms with Gasteiger partial charge in [-0.2, -0.15) is 5.26 Å². The van der Waals surface area contributed by atoms with E-state index in [1.54, 1.807) is 42.5 Å². The molecule has 1 aliphatic rings. The SMILES string of the molecule is COc1ccc(N2CC(C(=O)Nc3ccccc3C#N)CC2=O)cc1Cl. The van der Waals surface area contributed by atoms with Gasteiger partial charge in [0.25, 0.3) is 0 Å². The standard InChI is InChI=1S/C19H16ClN3O3/c1-26-17-7-6-14(9-15(17)20)23-11-13(8-18(23)24)19(25)22-16-5-3-2-4-12(16)10-21/h2-7,9,13H,8,11H2,1H3,(H,22,25). The van der Waals surface area contributed by atoms with Crippen molar-refractivity contribution < 1.29 is 14.3 Å². The Bertz CT molecular complexity index is 907. The number of halogens is 1. The molecule has 1 N–H and O–H groups in total. The van der Waals surface area contributed by atoms with Gasteiger partial charge in [0.1, 0.15) is 11.8 Å². The summed E-state index contributed by atoms with van der Waals surface area (Å²) in [6.07, 6.45) is 0.101. The number of nitriles is 1. The maximum Gasteiger partial charge on any atom is 0.229 e. The molecule has 0 bridgehead atoms. The highest BCUT2D eigenvalue weighted by molar-refractivity contribution is 6.32. The summed E-state index contributed by atoms with van der Waals surface area (Å²) in [7, 11) is 1.52. The lowest BCUT2D eigenvalue weighted by Crippen LogP contribution is -2.28. The Balaban J connectivity index is 1.74. The molecule has 2 amide bonds. The van der Waals surface area contributed by atoms with Gasteiger partial charge in [0, 0.05) is 18.7 Å². The number of ether oxygens (including phenoxy) is 1. The van der Waals surface area contributed by atoms with Crippen molar-refractivity contribution in [2.75, 3.05) is 23.9 Å². The van der Waals surface area contributed by atoms with E-state index in [0.717, 1.165) is 0 Å². The quantitative estimate of drug-likeness (QED) is 0.897. The predicted octanol–water partition coefficient (Wildman–Crippen LogP) is 3.21. The Morgan fingerprint density at radius 2 is 2.12 bits per heavy atom. The Morgan fingerprint density at radius 1 is 1.35 bits per heavy atom. The van der Waals surface area contributed by atoms with Gasteiger partial charge in [-0.05, 0) is 30.3 Å². The van der Waals surface area contributed by atoms with Crippen LogP contribution in [0.15, 0.2) is 42.5 Å². The van der Waals surface area contributed by atoms with Crippen molar-refractivity contribution in [2.24, 2.45) is 5.92 Å². The highest BCUT2D eigenvalue weighted by Gasteiger charge is 2.35. The number of anilines is 2. The number of para-hydroxylation sites is 1. The molecule has 1 saturated heterocycles. The maximum absolute atomic E-state index is 12.5. The van der Waals surface area contributed by atoms with Gasteiger partial charge in [-0.3, -0.25) is 9.59 Å². The lowest BCUT2D eigenvalue weighted by atomic mass is 10.1. The number of amides is 2. The molecular weight excluding hydrogens is 354 g/mol. The summed E-state index contributed by atoms with van der Waals surface area (Å²) < 4.78 is 5.11. The highest BCUT2D eigenvalue weighted by Crippen LogP contribution is 2.32. The van der Waals surface area contributed by atoms with Crippen LogP contribution in [-0.4, -0.2) is 25.5 Å². The van der Waals surface area contributed by atoms with Crippen LogP contribution in [0.4, 0.5) is 11.4 Å². The fourth-order valence-corrected chi connectivity index (χ4v) is 3.13. The van der Waals surface area contributed by atoms with E-state index in [2.05, 4.69) is 5.32 Å². The molecule has 2 aromatic rings. The number of nitrogens with zero attached hydrogens (tertiary/aromatic N) is 2. The number of methoxy groups -OCH3 is 1. The van der Waals surface area contributed by atoms with Crippen LogP contribution >= 0.6 is 11.6 Å². The van der Waals surface area contributed by atoms with Gasteiger partial charge < -0.3 is 15.0 Å². The van der Waals surface area contributed by atoms with Crippen LogP contribution in [0.5, 0.6) is 5.75 Å². The van der Waals surface area contributed by atoms with Crippen molar-refractivity contribution in [1.82, 2.24) is 0 Å². The Labute approximate surface area is 155 Å². The molecule has 1 aliphatic heterocycles. The molecule has 132 valence electrons. The zero-order chi connectivity index (χ0) is 18.7. The average Bonchev–Trinajstić information content (AvgIpc) is 3.04. The molecule has 6 nitrogen and oxygen atoms in total. The average molecular weight is 370 g/mol. The zero-order valence-corrected chi connectivity index (χ0v) is 14.8. The normalized spacial score (nSPS) is 16.3. The van der Waals surface area contributed by atoms with Crippen molar-refractivity contribution in [1.29, 1.82) is 5.26 Å². The molecule has 0 saturated carbocycles. The first-order valence-corrected chi connectivity index (χ1v) is 8.35. The monoisotopic (exact) mass is 369 g/mol. The van der Waals surface area contributed by atoms with Crippen molar-refractivity contribution in [2.45, 2.75) is 6.42 Å². The minimum absolute atomic E-state index is 0.101. The van der Waals surface area contributed by atoms with Gasteiger partial charge in [0.05, 0.1) is 29.3 Å². The molecule has 1 heterocycles. The van der Waals surface area contributed by atoms with E-state index in [0.29, 0.717) is 27.7 Å². The van der Waals surface area contributed by atoms with Crippen LogP contribution in [0.3, 0.4) is 0 Å². The number of nitrogens with one attached hydrogen (secondary N) is 1. The van der Waals surface area contributed by atoms with Gasteiger partial charge in [-0.1, -0.05) is 23.7 Å². The van der Waals surface area contributed by atoms with E-state index in [4.69, 9.17) is 21.6 Å². The summed E-state index contributed by atoms with van der Waals surface area (Å²) in [6, 6.07) is 13.8. The van der Waals surface area contributed by atoms with E-state index in [1.807, 2.05) is 6.07 Å². The Morgan fingerprint density at radius 3 is 2.81 bits per heavy atom. The molecule has 26 heavy (non-hydrogen) atoms. The van der Waals surface area contributed by atoms with E-state index in [-0.39, 0.29) is 24.8 Å². The smallest absolute Gasteiger partial charge is 0.229 e. The molecule has 1 fully saturated rings. The van der Waals surface area contributed by atoms with E-state index in [9.17, 15) is 9.59 Å². The van der Waals surface area contributed by atoms with Gasteiger partial charge in [0.15, 0.2) is 0 Å². The van der Waals surface area contributed by atoms with E-state index < -0.39 is 5.92 Å². The first kappa shape index (κ1) is 17.8.